The van der Waals surface area contributed by atoms with Crippen LogP contribution in [-0.4, -0.2) is 56.1 Å². The first-order valence-corrected chi connectivity index (χ1v) is 6.99. The van der Waals surface area contributed by atoms with Crippen LogP contribution in [0, 0.1) is 0 Å². The Bertz CT molecular complexity index is 277. The first kappa shape index (κ1) is 11.9. The van der Waals surface area contributed by atoms with Gasteiger partial charge in [-0.15, -0.1) is 0 Å². The quantitative estimate of drug-likeness (QED) is 0.689. The zero-order chi connectivity index (χ0) is 10.8. The average Bonchev–Trinajstić information content (AvgIpc) is 2.02. The summed E-state index contributed by atoms with van der Waals surface area (Å²) in [6.07, 6.45) is 2.42. The monoisotopic (exact) mass is 220 g/mol. The molecule has 0 aliphatic carbocycles. The number of nitrogens with zero attached hydrogens (tertiary/aromatic N) is 2. The minimum absolute atomic E-state index is 0.116. The molecule has 14 heavy (non-hydrogen) atoms. The van der Waals surface area contributed by atoms with E-state index in [0.29, 0.717) is 6.54 Å². The van der Waals surface area contributed by atoms with Gasteiger partial charge in [-0.2, -0.15) is 4.31 Å². The first-order chi connectivity index (χ1) is 6.45. The molecule has 0 bridgehead atoms. The molecule has 4 nitrogen and oxygen atoms in total. The summed E-state index contributed by atoms with van der Waals surface area (Å²) in [5.41, 5.74) is 0. The second-order valence-electron chi connectivity index (χ2n) is 4.02. The van der Waals surface area contributed by atoms with Crippen LogP contribution in [0.5, 0.6) is 0 Å². The van der Waals surface area contributed by atoms with Crippen molar-refractivity contribution >= 4 is 10.0 Å². The topological polar surface area (TPSA) is 40.6 Å². The normalized spacial score (nSPS) is 26.6. The molecule has 5 heteroatoms. The summed E-state index contributed by atoms with van der Waals surface area (Å²) in [6, 6.07) is 0.116. The van der Waals surface area contributed by atoms with E-state index < -0.39 is 10.0 Å². The van der Waals surface area contributed by atoms with Gasteiger partial charge >= 0.3 is 0 Å². The maximum atomic E-state index is 11.4. The Morgan fingerprint density at radius 3 is 2.43 bits per heavy atom. The van der Waals surface area contributed by atoms with E-state index in [9.17, 15) is 8.42 Å². The van der Waals surface area contributed by atoms with E-state index in [2.05, 4.69) is 11.8 Å². The van der Waals surface area contributed by atoms with E-state index in [-0.39, 0.29) is 6.04 Å². The van der Waals surface area contributed by atoms with Crippen molar-refractivity contribution in [3.05, 3.63) is 0 Å². The molecule has 1 aliphatic heterocycles. The minimum atomic E-state index is -3.01. The zero-order valence-electron chi connectivity index (χ0n) is 9.23. The summed E-state index contributed by atoms with van der Waals surface area (Å²) >= 11 is 0. The van der Waals surface area contributed by atoms with Gasteiger partial charge in [-0.3, -0.25) is 0 Å². The molecule has 0 saturated carbocycles. The highest BCUT2D eigenvalue weighted by atomic mass is 32.2. The van der Waals surface area contributed by atoms with E-state index in [4.69, 9.17) is 0 Å². The second kappa shape index (κ2) is 4.59. The zero-order valence-corrected chi connectivity index (χ0v) is 10.0. The Morgan fingerprint density at radius 2 is 2.00 bits per heavy atom. The van der Waals surface area contributed by atoms with Crippen molar-refractivity contribution in [2.45, 2.75) is 26.3 Å². The summed E-state index contributed by atoms with van der Waals surface area (Å²) in [5.74, 6) is 0. The summed E-state index contributed by atoms with van der Waals surface area (Å²) < 4.78 is 24.3. The standard InChI is InChI=1S/C9H20N2O2S/c1-4-5-10-6-7-11(9(2)8-10)14(3,12)13/h9H,4-8H2,1-3H3. The molecule has 1 saturated heterocycles. The molecular formula is C9H20N2O2S. The Hall–Kier alpha value is -0.130. The van der Waals surface area contributed by atoms with E-state index in [1.165, 1.54) is 6.26 Å². The summed E-state index contributed by atoms with van der Waals surface area (Å²) in [6.45, 7) is 7.56. The first-order valence-electron chi connectivity index (χ1n) is 5.14. The molecule has 0 aromatic carbocycles. The maximum absolute atomic E-state index is 11.4. The van der Waals surface area contributed by atoms with Gasteiger partial charge in [0.25, 0.3) is 0 Å². The number of sulfonamides is 1. The van der Waals surface area contributed by atoms with Crippen molar-refractivity contribution in [3.63, 3.8) is 0 Å². The van der Waals surface area contributed by atoms with Crippen molar-refractivity contribution in [2.75, 3.05) is 32.4 Å². The molecule has 1 rings (SSSR count). The molecule has 0 spiro atoms. The number of rotatable bonds is 3. The predicted molar refractivity (Wildman–Crippen MR) is 57.7 cm³/mol. The fraction of sp³-hybridized carbons (Fsp3) is 1.00. The molecule has 1 aliphatic rings. The number of hydrogen-bond acceptors (Lipinski definition) is 3. The van der Waals surface area contributed by atoms with Crippen LogP contribution in [0.15, 0.2) is 0 Å². The Kier molecular flexibility index (Phi) is 3.92. The molecule has 1 fully saturated rings. The van der Waals surface area contributed by atoms with Crippen LogP contribution < -0.4 is 0 Å². The third-order valence-electron chi connectivity index (χ3n) is 2.62. The van der Waals surface area contributed by atoms with Crippen molar-refractivity contribution in [2.24, 2.45) is 0 Å². The smallest absolute Gasteiger partial charge is 0.211 e. The summed E-state index contributed by atoms with van der Waals surface area (Å²) in [7, 11) is -3.01. The summed E-state index contributed by atoms with van der Waals surface area (Å²) in [5, 5.41) is 0. The van der Waals surface area contributed by atoms with Gasteiger partial charge in [0, 0.05) is 25.7 Å². The van der Waals surface area contributed by atoms with E-state index in [1.54, 1.807) is 4.31 Å². The van der Waals surface area contributed by atoms with Gasteiger partial charge in [0.05, 0.1) is 6.26 Å². The molecule has 1 heterocycles. The molecule has 0 aromatic heterocycles. The van der Waals surface area contributed by atoms with Crippen LogP contribution in [0.4, 0.5) is 0 Å². The molecule has 84 valence electrons. The van der Waals surface area contributed by atoms with Gasteiger partial charge in [0.15, 0.2) is 0 Å². The predicted octanol–water partition coefficient (Wildman–Crippen LogP) is 0.362. The molecule has 0 radical (unpaired) electrons. The van der Waals surface area contributed by atoms with Crippen LogP contribution in [-0.2, 0) is 10.0 Å². The fourth-order valence-corrected chi connectivity index (χ4v) is 3.16. The SMILES string of the molecule is CCCN1CCN(S(C)(=O)=O)C(C)C1. The maximum Gasteiger partial charge on any atom is 0.211 e. The highest BCUT2D eigenvalue weighted by molar-refractivity contribution is 7.88. The van der Waals surface area contributed by atoms with Crippen LogP contribution in [0.25, 0.3) is 0 Å². The molecule has 1 atom stereocenters. The van der Waals surface area contributed by atoms with Crippen molar-refractivity contribution in [1.82, 2.24) is 9.21 Å². The Balaban J connectivity index is 2.56. The van der Waals surface area contributed by atoms with Crippen molar-refractivity contribution in [1.29, 1.82) is 0 Å². The van der Waals surface area contributed by atoms with Crippen LogP contribution in [0.1, 0.15) is 20.3 Å². The van der Waals surface area contributed by atoms with E-state index in [0.717, 1.165) is 26.1 Å². The largest absolute Gasteiger partial charge is 0.300 e. The van der Waals surface area contributed by atoms with Gasteiger partial charge in [0.2, 0.25) is 10.0 Å². The lowest BCUT2D eigenvalue weighted by Crippen LogP contribution is -2.53. The molecule has 0 N–H and O–H groups in total. The third-order valence-corrected chi connectivity index (χ3v) is 4.01. The lowest BCUT2D eigenvalue weighted by molar-refractivity contribution is 0.145. The molecule has 0 aromatic rings. The van der Waals surface area contributed by atoms with Crippen LogP contribution in [0.2, 0.25) is 0 Å². The van der Waals surface area contributed by atoms with Gasteiger partial charge < -0.3 is 4.90 Å². The van der Waals surface area contributed by atoms with Gasteiger partial charge in [-0.05, 0) is 19.9 Å². The van der Waals surface area contributed by atoms with Crippen molar-refractivity contribution < 1.29 is 8.42 Å². The van der Waals surface area contributed by atoms with E-state index >= 15 is 0 Å². The average molecular weight is 220 g/mol. The van der Waals surface area contributed by atoms with Crippen molar-refractivity contribution in [3.8, 4) is 0 Å². The highest BCUT2D eigenvalue weighted by Crippen LogP contribution is 2.12. The summed E-state index contributed by atoms with van der Waals surface area (Å²) in [4.78, 5) is 2.33. The minimum Gasteiger partial charge on any atom is -0.300 e. The molecule has 1 unspecified atom stereocenters. The number of piperazine rings is 1. The number of hydrogen-bond donors (Lipinski definition) is 0. The second-order valence-corrected chi connectivity index (χ2v) is 5.96. The van der Waals surface area contributed by atoms with E-state index in [1.807, 2.05) is 6.92 Å². The molecule has 0 amide bonds. The van der Waals surface area contributed by atoms with Gasteiger partial charge in [-0.25, -0.2) is 8.42 Å². The Morgan fingerprint density at radius 1 is 1.36 bits per heavy atom. The third kappa shape index (κ3) is 2.93. The van der Waals surface area contributed by atoms with Gasteiger partial charge in [-0.1, -0.05) is 6.92 Å². The highest BCUT2D eigenvalue weighted by Gasteiger charge is 2.28. The van der Waals surface area contributed by atoms with Gasteiger partial charge in [0.1, 0.15) is 0 Å². The lowest BCUT2D eigenvalue weighted by atomic mass is 10.2. The van der Waals surface area contributed by atoms with Crippen LogP contribution >= 0.6 is 0 Å². The van der Waals surface area contributed by atoms with Crippen LogP contribution in [0.3, 0.4) is 0 Å². The lowest BCUT2D eigenvalue weighted by Gasteiger charge is -2.38. The fourth-order valence-electron chi connectivity index (χ4n) is 2.03. The Labute approximate surface area is 86.9 Å². The molecular weight excluding hydrogens is 200 g/mol.